The molecule has 0 radical (unpaired) electrons. The van der Waals surface area contributed by atoms with Crippen molar-refractivity contribution in [2.24, 2.45) is 0 Å². The smallest absolute Gasteiger partial charge is 0.189 e. The molecule has 0 bridgehead atoms. The van der Waals surface area contributed by atoms with E-state index in [9.17, 15) is 15.3 Å². The zero-order valence-corrected chi connectivity index (χ0v) is 8.66. The lowest BCUT2D eigenvalue weighted by molar-refractivity contribution is -0.203. The Labute approximate surface area is 87.4 Å². The van der Waals surface area contributed by atoms with Crippen LogP contribution >= 0.6 is 0 Å². The monoisotopic (exact) mass is 220 g/mol. The summed E-state index contributed by atoms with van der Waals surface area (Å²) in [7, 11) is 0. The molecule has 2 saturated heterocycles. The van der Waals surface area contributed by atoms with Gasteiger partial charge in [-0.3, -0.25) is 0 Å². The van der Waals surface area contributed by atoms with E-state index in [-0.39, 0.29) is 6.61 Å². The highest BCUT2D eigenvalue weighted by atomic mass is 16.8. The minimum Gasteiger partial charge on any atom is -0.388 e. The van der Waals surface area contributed by atoms with Crippen molar-refractivity contribution >= 4 is 0 Å². The fourth-order valence-corrected chi connectivity index (χ4v) is 1.83. The molecule has 0 saturated carbocycles. The van der Waals surface area contributed by atoms with Crippen molar-refractivity contribution in [2.75, 3.05) is 6.61 Å². The number of fused-ring (bicyclic) bond motifs is 1. The fourth-order valence-electron chi connectivity index (χ4n) is 1.83. The molecule has 6 heteroatoms. The highest BCUT2D eigenvalue weighted by molar-refractivity contribution is 4.91. The molecule has 0 aromatic heterocycles. The van der Waals surface area contributed by atoms with Crippen LogP contribution in [0.3, 0.4) is 0 Å². The summed E-state index contributed by atoms with van der Waals surface area (Å²) in [6.45, 7) is 3.31. The Morgan fingerprint density at radius 1 is 1.07 bits per heavy atom. The lowest BCUT2D eigenvalue weighted by Gasteiger charge is -2.24. The van der Waals surface area contributed by atoms with Gasteiger partial charge in [0.1, 0.15) is 24.4 Å². The summed E-state index contributed by atoms with van der Waals surface area (Å²) in [4.78, 5) is 0. The van der Waals surface area contributed by atoms with Crippen molar-refractivity contribution in [2.45, 2.75) is 50.3 Å². The maximum absolute atomic E-state index is 9.74. The molecule has 2 fully saturated rings. The summed E-state index contributed by atoms with van der Waals surface area (Å²) in [6, 6.07) is 0. The molecule has 0 aliphatic carbocycles. The second-order valence-corrected chi connectivity index (χ2v) is 4.35. The molecule has 0 aromatic rings. The van der Waals surface area contributed by atoms with Crippen molar-refractivity contribution in [1.82, 2.24) is 0 Å². The third-order valence-corrected chi connectivity index (χ3v) is 2.60. The average molecular weight is 220 g/mol. The summed E-state index contributed by atoms with van der Waals surface area (Å²) in [6.07, 6.45) is -5.14. The summed E-state index contributed by atoms with van der Waals surface area (Å²) < 4.78 is 16.0. The van der Waals surface area contributed by atoms with Crippen LogP contribution in [-0.4, -0.2) is 58.4 Å². The Bertz CT molecular complexity index is 241. The van der Waals surface area contributed by atoms with Crippen LogP contribution in [0.1, 0.15) is 13.8 Å². The van der Waals surface area contributed by atoms with Gasteiger partial charge < -0.3 is 29.5 Å². The number of rotatable bonds is 0. The molecule has 5 atom stereocenters. The van der Waals surface area contributed by atoms with E-state index >= 15 is 0 Å². The van der Waals surface area contributed by atoms with Crippen LogP contribution in [0, 0.1) is 0 Å². The van der Waals surface area contributed by atoms with Crippen molar-refractivity contribution in [3.63, 3.8) is 0 Å². The van der Waals surface area contributed by atoms with Gasteiger partial charge in [-0.2, -0.15) is 0 Å². The predicted octanol–water partition coefficient (Wildman–Crippen LogP) is -1.42. The van der Waals surface area contributed by atoms with Crippen LogP contribution in [0.5, 0.6) is 0 Å². The van der Waals surface area contributed by atoms with Crippen molar-refractivity contribution in [1.29, 1.82) is 0 Å². The van der Waals surface area contributed by atoms with Gasteiger partial charge in [-0.05, 0) is 13.8 Å². The van der Waals surface area contributed by atoms with Crippen LogP contribution in [-0.2, 0) is 14.2 Å². The molecular formula is C9H16O6. The van der Waals surface area contributed by atoms with Gasteiger partial charge in [0, 0.05) is 0 Å². The zero-order chi connectivity index (χ0) is 11.2. The Morgan fingerprint density at radius 3 is 2.40 bits per heavy atom. The molecular weight excluding hydrogens is 204 g/mol. The van der Waals surface area contributed by atoms with Gasteiger partial charge in [-0.1, -0.05) is 0 Å². The van der Waals surface area contributed by atoms with E-state index in [1.165, 1.54) is 0 Å². The molecule has 0 amide bonds. The van der Waals surface area contributed by atoms with Gasteiger partial charge in [0.05, 0.1) is 6.61 Å². The average Bonchev–Trinajstić information content (AvgIpc) is 2.43. The van der Waals surface area contributed by atoms with Gasteiger partial charge in [0.25, 0.3) is 0 Å². The Kier molecular flexibility index (Phi) is 2.74. The number of hydrogen-bond donors (Lipinski definition) is 3. The standard InChI is InChI=1S/C9H16O6/c1-9(2)14-7-6(12)5(11)4(10)3-13-8(7)15-9/h4-8,10-12H,3H2,1-2H3/t4-,5+,6+,7-,8-/m1/s1. The molecule has 2 rings (SSSR count). The van der Waals surface area contributed by atoms with Crippen molar-refractivity contribution in [3.05, 3.63) is 0 Å². The lowest BCUT2D eigenvalue weighted by Crippen LogP contribution is -2.45. The van der Waals surface area contributed by atoms with Gasteiger partial charge in [-0.15, -0.1) is 0 Å². The molecule has 0 unspecified atom stereocenters. The maximum Gasteiger partial charge on any atom is 0.189 e. The van der Waals surface area contributed by atoms with E-state index in [0.717, 1.165) is 0 Å². The molecule has 6 nitrogen and oxygen atoms in total. The second-order valence-electron chi connectivity index (χ2n) is 4.35. The minimum atomic E-state index is -1.28. The maximum atomic E-state index is 9.74. The van der Waals surface area contributed by atoms with Crippen molar-refractivity contribution < 1.29 is 29.5 Å². The number of aliphatic hydroxyl groups excluding tert-OH is 3. The summed E-state index contributed by atoms with van der Waals surface area (Å²) in [5.74, 6) is -0.849. The first-order valence-corrected chi connectivity index (χ1v) is 4.92. The lowest BCUT2D eigenvalue weighted by atomic mass is 10.0. The van der Waals surface area contributed by atoms with E-state index in [1.807, 2.05) is 0 Å². The van der Waals surface area contributed by atoms with E-state index in [4.69, 9.17) is 14.2 Å². The first-order valence-electron chi connectivity index (χ1n) is 4.92. The third kappa shape index (κ3) is 2.01. The molecule has 0 spiro atoms. The Morgan fingerprint density at radius 2 is 1.73 bits per heavy atom. The highest BCUT2D eigenvalue weighted by Crippen LogP contribution is 2.33. The normalized spacial score (nSPS) is 49.8. The summed E-state index contributed by atoms with van der Waals surface area (Å²) in [5, 5.41) is 28.6. The second kappa shape index (κ2) is 3.65. The van der Waals surface area contributed by atoms with E-state index in [2.05, 4.69) is 0 Å². The molecule has 15 heavy (non-hydrogen) atoms. The fraction of sp³-hybridized carbons (Fsp3) is 1.00. The van der Waals surface area contributed by atoms with Crippen LogP contribution in [0.15, 0.2) is 0 Å². The van der Waals surface area contributed by atoms with Crippen LogP contribution in [0.4, 0.5) is 0 Å². The first kappa shape index (κ1) is 11.3. The molecule has 2 aliphatic rings. The molecule has 88 valence electrons. The minimum absolute atomic E-state index is 0.0845. The summed E-state index contributed by atoms with van der Waals surface area (Å²) in [5.41, 5.74) is 0. The van der Waals surface area contributed by atoms with Gasteiger partial charge in [0.15, 0.2) is 12.1 Å². The van der Waals surface area contributed by atoms with Gasteiger partial charge in [0.2, 0.25) is 0 Å². The van der Waals surface area contributed by atoms with Crippen LogP contribution in [0.2, 0.25) is 0 Å². The number of ether oxygens (including phenoxy) is 3. The predicted molar refractivity (Wildman–Crippen MR) is 47.8 cm³/mol. The van der Waals surface area contributed by atoms with Crippen LogP contribution < -0.4 is 0 Å². The first-order chi connectivity index (χ1) is 6.91. The number of hydrogen-bond acceptors (Lipinski definition) is 6. The highest BCUT2D eigenvalue weighted by Gasteiger charge is 2.50. The molecule has 3 N–H and O–H groups in total. The van der Waals surface area contributed by atoms with Gasteiger partial charge >= 0.3 is 0 Å². The Balaban J connectivity index is 2.15. The largest absolute Gasteiger partial charge is 0.388 e. The molecule has 2 heterocycles. The molecule has 2 aliphatic heterocycles. The number of aliphatic hydroxyl groups is 3. The van der Waals surface area contributed by atoms with E-state index in [1.54, 1.807) is 13.8 Å². The topological polar surface area (TPSA) is 88.4 Å². The molecule has 0 aromatic carbocycles. The summed E-state index contributed by atoms with van der Waals surface area (Å²) >= 11 is 0. The quantitative estimate of drug-likeness (QED) is 0.464. The van der Waals surface area contributed by atoms with Gasteiger partial charge in [-0.25, -0.2) is 0 Å². The third-order valence-electron chi connectivity index (χ3n) is 2.60. The SMILES string of the molecule is CC1(C)O[C@H]2OC[C@@H](O)[C@H](O)[C@H](O)[C@H]2O1. The van der Waals surface area contributed by atoms with E-state index in [0.29, 0.717) is 0 Å². The Hall–Kier alpha value is -0.240. The zero-order valence-electron chi connectivity index (χ0n) is 8.66. The van der Waals surface area contributed by atoms with E-state index < -0.39 is 36.5 Å². The van der Waals surface area contributed by atoms with Crippen molar-refractivity contribution in [3.8, 4) is 0 Å². The van der Waals surface area contributed by atoms with Crippen LogP contribution in [0.25, 0.3) is 0 Å².